The van der Waals surface area contributed by atoms with E-state index in [2.05, 4.69) is 108 Å². The van der Waals surface area contributed by atoms with Crippen LogP contribution in [0.1, 0.15) is 39.2 Å². The fourth-order valence-electron chi connectivity index (χ4n) is 4.39. The highest BCUT2D eigenvalue weighted by Gasteiger charge is 2.14. The van der Waals surface area contributed by atoms with Crippen molar-refractivity contribution < 1.29 is 0 Å². The number of aryl methyl sites for hydroxylation is 1. The number of para-hydroxylation sites is 1. The summed E-state index contributed by atoms with van der Waals surface area (Å²) in [5.74, 6) is 1.67. The van der Waals surface area contributed by atoms with Gasteiger partial charge in [-0.3, -0.25) is 0 Å². The van der Waals surface area contributed by atoms with Crippen molar-refractivity contribution in [3.63, 3.8) is 0 Å². The van der Waals surface area contributed by atoms with Crippen molar-refractivity contribution in [2.24, 2.45) is 0 Å². The maximum absolute atomic E-state index is 5.02. The first-order chi connectivity index (χ1) is 16.0. The zero-order valence-corrected chi connectivity index (χ0v) is 21.6. The minimum atomic E-state index is 0.329. The standard InChI is InChI=1S/C28H33BrN4/c1-5-33(6-2)16-10-12-20(4)30-28-24-15-9-11-19(3)26(24)31-27(32-28)22-17-21-13-7-8-14-23(21)25(29)18-22/h7-9,11,13-15,17-18,20H,5-6,10,12,16H2,1-4H3,(H,30,31,32). The van der Waals surface area contributed by atoms with Gasteiger partial charge in [0.15, 0.2) is 5.82 Å². The van der Waals surface area contributed by atoms with Gasteiger partial charge < -0.3 is 10.2 Å². The van der Waals surface area contributed by atoms with Gasteiger partial charge in [0.1, 0.15) is 5.82 Å². The maximum Gasteiger partial charge on any atom is 0.162 e. The monoisotopic (exact) mass is 504 g/mol. The van der Waals surface area contributed by atoms with Crippen LogP contribution in [0, 0.1) is 6.92 Å². The highest BCUT2D eigenvalue weighted by atomic mass is 79.9. The molecule has 0 aliphatic rings. The smallest absolute Gasteiger partial charge is 0.162 e. The number of aromatic nitrogens is 2. The number of fused-ring (bicyclic) bond motifs is 2. The van der Waals surface area contributed by atoms with Crippen molar-refractivity contribution in [2.45, 2.75) is 46.6 Å². The molecular formula is C28H33BrN4. The fourth-order valence-corrected chi connectivity index (χ4v) is 5.00. The van der Waals surface area contributed by atoms with E-state index < -0.39 is 0 Å². The molecule has 0 saturated heterocycles. The van der Waals surface area contributed by atoms with E-state index in [0.717, 1.165) is 64.2 Å². The lowest BCUT2D eigenvalue weighted by atomic mass is 10.1. The van der Waals surface area contributed by atoms with Crippen LogP contribution in [0.25, 0.3) is 33.1 Å². The Bertz CT molecular complexity index is 1250. The van der Waals surface area contributed by atoms with Crippen LogP contribution in [0.5, 0.6) is 0 Å². The molecule has 0 aliphatic heterocycles. The zero-order chi connectivity index (χ0) is 23.4. The minimum absolute atomic E-state index is 0.329. The van der Waals surface area contributed by atoms with E-state index in [1.165, 1.54) is 17.2 Å². The summed E-state index contributed by atoms with van der Waals surface area (Å²) in [7, 11) is 0. The Hall–Kier alpha value is -2.50. The Kier molecular flexibility index (Phi) is 7.61. The third-order valence-corrected chi connectivity index (χ3v) is 7.04. The SMILES string of the molecule is CCN(CC)CCCC(C)Nc1nc(-c2cc(Br)c3ccccc3c2)nc2c(C)cccc12. The van der Waals surface area contributed by atoms with Gasteiger partial charge in [0.2, 0.25) is 0 Å². The molecule has 1 atom stereocenters. The normalized spacial score (nSPS) is 12.5. The Morgan fingerprint density at radius 2 is 1.73 bits per heavy atom. The summed E-state index contributed by atoms with van der Waals surface area (Å²) in [6.45, 7) is 12.2. The van der Waals surface area contributed by atoms with Gasteiger partial charge in [-0.2, -0.15) is 0 Å². The first kappa shape index (κ1) is 23.7. The lowest BCUT2D eigenvalue weighted by Gasteiger charge is -2.21. The maximum atomic E-state index is 5.02. The molecule has 0 spiro atoms. The summed E-state index contributed by atoms with van der Waals surface area (Å²) in [6.07, 6.45) is 2.27. The van der Waals surface area contributed by atoms with Crippen LogP contribution >= 0.6 is 15.9 Å². The lowest BCUT2D eigenvalue weighted by Crippen LogP contribution is -2.25. The first-order valence-electron chi connectivity index (χ1n) is 11.9. The summed E-state index contributed by atoms with van der Waals surface area (Å²) < 4.78 is 1.06. The summed E-state index contributed by atoms with van der Waals surface area (Å²) in [5, 5.41) is 7.15. The molecule has 0 bridgehead atoms. The van der Waals surface area contributed by atoms with Crippen LogP contribution in [0.3, 0.4) is 0 Å². The van der Waals surface area contributed by atoms with Gasteiger partial charge in [-0.1, -0.05) is 66.2 Å². The van der Waals surface area contributed by atoms with E-state index in [0.29, 0.717) is 6.04 Å². The average Bonchev–Trinajstić information content (AvgIpc) is 2.82. The number of nitrogens with zero attached hydrogens (tertiary/aromatic N) is 3. The summed E-state index contributed by atoms with van der Waals surface area (Å²) >= 11 is 3.74. The predicted octanol–water partition coefficient (Wildman–Crippen LogP) is 7.44. The van der Waals surface area contributed by atoms with Crippen LogP contribution < -0.4 is 5.32 Å². The second kappa shape index (κ2) is 10.6. The summed E-state index contributed by atoms with van der Waals surface area (Å²) in [6, 6.07) is 19.3. The Morgan fingerprint density at radius 1 is 0.970 bits per heavy atom. The molecule has 0 amide bonds. The quantitative estimate of drug-likeness (QED) is 0.257. The molecule has 1 unspecified atom stereocenters. The predicted molar refractivity (Wildman–Crippen MR) is 145 cm³/mol. The van der Waals surface area contributed by atoms with E-state index in [-0.39, 0.29) is 0 Å². The molecule has 0 radical (unpaired) electrons. The van der Waals surface area contributed by atoms with Crippen LogP contribution in [-0.4, -0.2) is 40.5 Å². The Balaban J connectivity index is 1.68. The molecule has 1 heterocycles. The zero-order valence-electron chi connectivity index (χ0n) is 20.0. The molecule has 4 nitrogen and oxygen atoms in total. The number of hydrogen-bond acceptors (Lipinski definition) is 4. The minimum Gasteiger partial charge on any atom is -0.367 e. The molecule has 4 rings (SSSR count). The number of benzene rings is 3. The van der Waals surface area contributed by atoms with E-state index >= 15 is 0 Å². The number of hydrogen-bond donors (Lipinski definition) is 1. The van der Waals surface area contributed by atoms with Gasteiger partial charge in [0, 0.05) is 21.5 Å². The van der Waals surface area contributed by atoms with Gasteiger partial charge in [-0.25, -0.2) is 9.97 Å². The van der Waals surface area contributed by atoms with Gasteiger partial charge in [0.05, 0.1) is 5.52 Å². The summed E-state index contributed by atoms with van der Waals surface area (Å²) in [5.41, 5.74) is 3.18. The van der Waals surface area contributed by atoms with Crippen LogP contribution in [0.2, 0.25) is 0 Å². The van der Waals surface area contributed by atoms with Crippen LogP contribution in [0.4, 0.5) is 5.82 Å². The Morgan fingerprint density at radius 3 is 2.52 bits per heavy atom. The molecule has 33 heavy (non-hydrogen) atoms. The van der Waals surface area contributed by atoms with Gasteiger partial charge in [-0.05, 0) is 80.9 Å². The molecule has 4 aromatic rings. The molecule has 0 saturated carbocycles. The summed E-state index contributed by atoms with van der Waals surface area (Å²) in [4.78, 5) is 12.5. The van der Waals surface area contributed by atoms with Crippen molar-refractivity contribution in [2.75, 3.05) is 25.0 Å². The number of nitrogens with one attached hydrogen (secondary N) is 1. The van der Waals surface area contributed by atoms with Gasteiger partial charge >= 0.3 is 0 Å². The molecular weight excluding hydrogens is 472 g/mol. The third kappa shape index (κ3) is 5.36. The molecule has 0 aliphatic carbocycles. The van der Waals surface area contributed by atoms with Crippen molar-refractivity contribution >= 4 is 43.4 Å². The lowest BCUT2D eigenvalue weighted by molar-refractivity contribution is 0.295. The van der Waals surface area contributed by atoms with Crippen LogP contribution in [-0.2, 0) is 0 Å². The number of rotatable bonds is 9. The Labute approximate surface area is 205 Å². The van der Waals surface area contributed by atoms with E-state index in [1.807, 2.05) is 0 Å². The van der Waals surface area contributed by atoms with Crippen molar-refractivity contribution in [3.05, 3.63) is 64.6 Å². The topological polar surface area (TPSA) is 41.0 Å². The molecule has 5 heteroatoms. The number of halogens is 1. The molecule has 0 fully saturated rings. The van der Waals surface area contributed by atoms with Crippen molar-refractivity contribution in [3.8, 4) is 11.4 Å². The third-order valence-electron chi connectivity index (χ3n) is 6.39. The van der Waals surface area contributed by atoms with Crippen molar-refractivity contribution in [1.29, 1.82) is 0 Å². The first-order valence-corrected chi connectivity index (χ1v) is 12.7. The van der Waals surface area contributed by atoms with Crippen molar-refractivity contribution in [1.82, 2.24) is 14.9 Å². The van der Waals surface area contributed by atoms with Gasteiger partial charge in [-0.15, -0.1) is 0 Å². The largest absolute Gasteiger partial charge is 0.367 e. The second-order valence-corrected chi connectivity index (χ2v) is 9.61. The molecule has 1 aromatic heterocycles. The van der Waals surface area contributed by atoms with E-state index in [1.54, 1.807) is 0 Å². The van der Waals surface area contributed by atoms with E-state index in [4.69, 9.17) is 9.97 Å². The highest BCUT2D eigenvalue weighted by Crippen LogP contribution is 2.32. The molecule has 172 valence electrons. The fraction of sp³-hybridized carbons (Fsp3) is 0.357. The van der Waals surface area contributed by atoms with Crippen LogP contribution in [0.15, 0.2) is 59.1 Å². The molecule has 1 N–H and O–H groups in total. The van der Waals surface area contributed by atoms with Gasteiger partial charge in [0.25, 0.3) is 0 Å². The van der Waals surface area contributed by atoms with E-state index in [9.17, 15) is 0 Å². The molecule has 3 aromatic carbocycles. The average molecular weight is 506 g/mol. The highest BCUT2D eigenvalue weighted by molar-refractivity contribution is 9.10. The second-order valence-electron chi connectivity index (χ2n) is 8.76. The number of anilines is 1.